The van der Waals surface area contributed by atoms with Crippen LogP contribution in [0.25, 0.3) is 0 Å². The molecule has 5 heteroatoms. The highest BCUT2D eigenvalue weighted by Gasteiger charge is 2.40. The van der Waals surface area contributed by atoms with E-state index in [0.29, 0.717) is 34.9 Å². The van der Waals surface area contributed by atoms with Crippen LogP contribution in [0.15, 0.2) is 24.3 Å². The van der Waals surface area contributed by atoms with Gasteiger partial charge in [0.15, 0.2) is 0 Å². The van der Waals surface area contributed by atoms with Gasteiger partial charge in [-0.25, -0.2) is 0 Å². The zero-order valence-corrected chi connectivity index (χ0v) is 18.3. The van der Waals surface area contributed by atoms with Crippen molar-refractivity contribution in [3.8, 4) is 5.75 Å². The molecule has 3 rings (SSSR count). The standard InChI is InChI=1S/C23H36ClNO3/c1-21(2,3)18-7-9-22(26,10-8-18)16-25-13-11-23(27,12-14-25)17-28-20-6-4-5-19(24)15-20/h4-6,15,18,26-27H,7-14,16-17H2,1-3H3. The van der Waals surface area contributed by atoms with Crippen molar-refractivity contribution in [1.29, 1.82) is 0 Å². The Balaban J connectivity index is 1.45. The lowest BCUT2D eigenvalue weighted by molar-refractivity contribution is -0.0844. The molecule has 0 atom stereocenters. The fourth-order valence-corrected chi connectivity index (χ4v) is 4.82. The molecule has 28 heavy (non-hydrogen) atoms. The van der Waals surface area contributed by atoms with E-state index in [1.807, 2.05) is 12.1 Å². The quantitative estimate of drug-likeness (QED) is 0.751. The van der Waals surface area contributed by atoms with Gasteiger partial charge in [-0.05, 0) is 68.1 Å². The number of ether oxygens (including phenoxy) is 1. The van der Waals surface area contributed by atoms with Crippen LogP contribution in [0.3, 0.4) is 0 Å². The molecule has 0 radical (unpaired) electrons. The number of rotatable bonds is 5. The van der Waals surface area contributed by atoms with Crippen LogP contribution >= 0.6 is 11.6 Å². The Hall–Kier alpha value is -0.810. The molecule has 2 N–H and O–H groups in total. The van der Waals surface area contributed by atoms with Gasteiger partial charge >= 0.3 is 0 Å². The van der Waals surface area contributed by atoms with E-state index in [4.69, 9.17) is 16.3 Å². The average molecular weight is 410 g/mol. The van der Waals surface area contributed by atoms with Gasteiger partial charge in [0.25, 0.3) is 0 Å². The van der Waals surface area contributed by atoms with Crippen LogP contribution in [0.2, 0.25) is 5.02 Å². The number of likely N-dealkylation sites (tertiary alicyclic amines) is 1. The number of piperidine rings is 1. The van der Waals surface area contributed by atoms with Crippen molar-refractivity contribution in [3.05, 3.63) is 29.3 Å². The van der Waals surface area contributed by atoms with E-state index >= 15 is 0 Å². The number of halogens is 1. The summed E-state index contributed by atoms with van der Waals surface area (Å²) in [5, 5.41) is 22.6. The molecule has 0 unspecified atom stereocenters. The molecule has 2 fully saturated rings. The summed E-state index contributed by atoms with van der Waals surface area (Å²) in [5.41, 5.74) is -1.06. The summed E-state index contributed by atoms with van der Waals surface area (Å²) in [6.07, 6.45) is 5.29. The molecule has 0 aromatic heterocycles. The van der Waals surface area contributed by atoms with Gasteiger partial charge in [-0.15, -0.1) is 0 Å². The van der Waals surface area contributed by atoms with Crippen molar-refractivity contribution in [1.82, 2.24) is 4.90 Å². The molecule has 1 saturated heterocycles. The Kier molecular flexibility index (Phi) is 6.65. The normalized spacial score (nSPS) is 28.9. The van der Waals surface area contributed by atoms with E-state index in [1.165, 1.54) is 0 Å². The SMILES string of the molecule is CC(C)(C)C1CCC(O)(CN2CCC(O)(COc3cccc(Cl)c3)CC2)CC1. The summed E-state index contributed by atoms with van der Waals surface area (Å²) < 4.78 is 5.78. The van der Waals surface area contributed by atoms with E-state index in [1.54, 1.807) is 12.1 Å². The van der Waals surface area contributed by atoms with Gasteiger partial charge < -0.3 is 19.8 Å². The van der Waals surface area contributed by atoms with Gasteiger partial charge in [0.1, 0.15) is 18.0 Å². The Morgan fingerprint density at radius 3 is 2.29 bits per heavy atom. The zero-order chi connectivity index (χ0) is 20.4. The van der Waals surface area contributed by atoms with E-state index in [2.05, 4.69) is 25.7 Å². The third-order valence-corrected chi connectivity index (χ3v) is 6.98. The zero-order valence-electron chi connectivity index (χ0n) is 17.6. The lowest BCUT2D eigenvalue weighted by Gasteiger charge is -2.45. The molecule has 1 aromatic carbocycles. The molecule has 1 aromatic rings. The fraction of sp³-hybridized carbons (Fsp3) is 0.739. The summed E-state index contributed by atoms with van der Waals surface area (Å²) in [4.78, 5) is 2.31. The first-order chi connectivity index (χ1) is 13.1. The van der Waals surface area contributed by atoms with Gasteiger partial charge in [-0.3, -0.25) is 0 Å². The maximum Gasteiger partial charge on any atom is 0.120 e. The summed E-state index contributed by atoms with van der Waals surface area (Å²) in [5.74, 6) is 1.39. The van der Waals surface area contributed by atoms with Crippen molar-refractivity contribution in [2.24, 2.45) is 11.3 Å². The third kappa shape index (κ3) is 5.85. The van der Waals surface area contributed by atoms with Crippen LogP contribution in [0.5, 0.6) is 5.75 Å². The summed E-state index contributed by atoms with van der Waals surface area (Å²) >= 11 is 5.99. The van der Waals surface area contributed by atoms with Gasteiger partial charge in [0.2, 0.25) is 0 Å². The number of hydrogen-bond donors (Lipinski definition) is 2. The first-order valence-electron chi connectivity index (χ1n) is 10.6. The smallest absolute Gasteiger partial charge is 0.120 e. The molecule has 0 amide bonds. The molecule has 2 aliphatic rings. The molecule has 1 aliphatic heterocycles. The first-order valence-corrected chi connectivity index (χ1v) is 11.0. The molecule has 1 heterocycles. The molecule has 0 bridgehead atoms. The maximum absolute atomic E-state index is 11.1. The average Bonchev–Trinajstić information content (AvgIpc) is 2.62. The minimum Gasteiger partial charge on any atom is -0.491 e. The highest BCUT2D eigenvalue weighted by molar-refractivity contribution is 6.30. The number of benzene rings is 1. The van der Waals surface area contributed by atoms with Crippen LogP contribution in [-0.2, 0) is 0 Å². The molecular weight excluding hydrogens is 374 g/mol. The third-order valence-electron chi connectivity index (χ3n) is 6.75. The Morgan fingerprint density at radius 2 is 1.71 bits per heavy atom. The molecule has 158 valence electrons. The lowest BCUT2D eigenvalue weighted by Crippen LogP contribution is -2.53. The fourth-order valence-electron chi connectivity index (χ4n) is 4.64. The van der Waals surface area contributed by atoms with Gasteiger partial charge in [-0.1, -0.05) is 38.4 Å². The monoisotopic (exact) mass is 409 g/mol. The van der Waals surface area contributed by atoms with Crippen molar-refractivity contribution >= 4 is 11.6 Å². The van der Waals surface area contributed by atoms with E-state index in [9.17, 15) is 10.2 Å². The van der Waals surface area contributed by atoms with E-state index in [-0.39, 0.29) is 6.61 Å². The van der Waals surface area contributed by atoms with Crippen molar-refractivity contribution in [3.63, 3.8) is 0 Å². The number of aliphatic hydroxyl groups is 2. The van der Waals surface area contributed by atoms with Gasteiger partial charge in [0, 0.05) is 24.7 Å². The predicted octanol–water partition coefficient (Wildman–Crippen LogP) is 4.51. The first kappa shape index (κ1) is 21.9. The van der Waals surface area contributed by atoms with E-state index in [0.717, 1.165) is 45.3 Å². The highest BCUT2D eigenvalue weighted by Crippen LogP contribution is 2.42. The minimum absolute atomic E-state index is 0.277. The number of nitrogens with zero attached hydrogens (tertiary/aromatic N) is 1. The Bertz CT molecular complexity index is 641. The predicted molar refractivity (Wildman–Crippen MR) is 114 cm³/mol. The van der Waals surface area contributed by atoms with Crippen molar-refractivity contribution in [2.45, 2.75) is 70.5 Å². The second-order valence-corrected chi connectivity index (χ2v) is 10.5. The van der Waals surface area contributed by atoms with Gasteiger partial charge in [0.05, 0.1) is 5.60 Å². The van der Waals surface area contributed by atoms with Crippen molar-refractivity contribution < 1.29 is 14.9 Å². The Labute approximate surface area is 174 Å². The second-order valence-electron chi connectivity index (χ2n) is 10.1. The van der Waals surface area contributed by atoms with Crippen LogP contribution in [0.4, 0.5) is 0 Å². The molecule has 1 saturated carbocycles. The number of β-amino-alcohol motifs (C(OH)–C–C–N with tert-alkyl or cyclic N) is 1. The lowest BCUT2D eigenvalue weighted by atomic mass is 9.68. The van der Waals surface area contributed by atoms with Crippen LogP contribution in [-0.4, -0.2) is 52.6 Å². The Morgan fingerprint density at radius 1 is 1.07 bits per heavy atom. The molecule has 0 spiro atoms. The van der Waals surface area contributed by atoms with Gasteiger partial charge in [-0.2, -0.15) is 0 Å². The van der Waals surface area contributed by atoms with Crippen LogP contribution in [0.1, 0.15) is 59.3 Å². The molecular formula is C23H36ClNO3. The molecule has 1 aliphatic carbocycles. The largest absolute Gasteiger partial charge is 0.491 e. The summed E-state index contributed by atoms with van der Waals surface area (Å²) in [6.45, 7) is 9.49. The summed E-state index contributed by atoms with van der Waals surface area (Å²) in [6, 6.07) is 7.28. The van der Waals surface area contributed by atoms with Crippen LogP contribution in [0, 0.1) is 11.3 Å². The minimum atomic E-state index is -0.814. The summed E-state index contributed by atoms with van der Waals surface area (Å²) in [7, 11) is 0. The maximum atomic E-state index is 11.1. The molecule has 4 nitrogen and oxygen atoms in total. The second kappa shape index (κ2) is 8.51. The van der Waals surface area contributed by atoms with Crippen molar-refractivity contribution in [2.75, 3.05) is 26.2 Å². The van der Waals surface area contributed by atoms with Crippen LogP contribution < -0.4 is 4.74 Å². The highest BCUT2D eigenvalue weighted by atomic mass is 35.5. The topological polar surface area (TPSA) is 52.9 Å². The van der Waals surface area contributed by atoms with E-state index < -0.39 is 11.2 Å². The number of hydrogen-bond acceptors (Lipinski definition) is 4.